The van der Waals surface area contributed by atoms with Gasteiger partial charge in [0.05, 0.1) is 6.54 Å². The Balaban J connectivity index is 1.20. The average Bonchev–Trinajstić information content (AvgIpc) is 3.39. The van der Waals surface area contributed by atoms with Crippen LogP contribution >= 0.6 is 0 Å². The fourth-order valence-corrected chi connectivity index (χ4v) is 6.32. The molecular weight excluding hydrogens is 586 g/mol. The molecule has 2 aromatic rings. The van der Waals surface area contributed by atoms with Gasteiger partial charge < -0.3 is 24.3 Å². The normalized spacial score (nSPS) is 23.4. The second-order valence-corrected chi connectivity index (χ2v) is 12.6. The predicted molar refractivity (Wildman–Crippen MR) is 172 cm³/mol. The zero-order valence-electron chi connectivity index (χ0n) is 26.8. The van der Waals surface area contributed by atoms with E-state index in [1.54, 1.807) is 0 Å². The van der Waals surface area contributed by atoms with Gasteiger partial charge in [0.15, 0.2) is 0 Å². The van der Waals surface area contributed by atoms with Crippen molar-refractivity contribution in [2.75, 3.05) is 78.5 Å². The predicted octanol–water partition coefficient (Wildman–Crippen LogP) is 2.21. The lowest BCUT2D eigenvalue weighted by molar-refractivity contribution is -0.197. The van der Waals surface area contributed by atoms with Gasteiger partial charge >= 0.3 is 11.9 Å². The molecule has 3 saturated heterocycles. The molecule has 3 fully saturated rings. The van der Waals surface area contributed by atoms with Crippen molar-refractivity contribution in [2.45, 2.75) is 38.7 Å². The molecule has 2 amide bonds. The van der Waals surface area contributed by atoms with Gasteiger partial charge in [-0.2, -0.15) is 0 Å². The van der Waals surface area contributed by atoms with E-state index in [-0.39, 0.29) is 44.3 Å². The van der Waals surface area contributed by atoms with E-state index < -0.39 is 17.8 Å². The summed E-state index contributed by atoms with van der Waals surface area (Å²) in [5.41, 5.74) is 2.31. The molecule has 2 aromatic carbocycles. The number of benzene rings is 2. The topological polar surface area (TPSA) is 103 Å². The Morgan fingerprint density at radius 1 is 0.674 bits per heavy atom. The number of carbonyl (C=O) groups excluding carboxylic acids is 4. The molecule has 0 N–H and O–H groups in total. The standard InChI is InChI=1S/C35H47N5O6/c41-32-12-13-33(42)40(32)46-34(43)14-11-31-25-37-19-17-36(16-15-29-7-3-1-4-8-29)18-20-38(26-31)22-24-39(23-21-37)27-35(44)45-28-30-9-5-2-6-10-30/h1-10,31H,11-28H2. The Morgan fingerprint density at radius 3 is 1.80 bits per heavy atom. The fraction of sp³-hybridized carbons (Fsp3) is 0.543. The average molecular weight is 634 g/mol. The monoisotopic (exact) mass is 633 g/mol. The van der Waals surface area contributed by atoms with Crippen LogP contribution in [0.4, 0.5) is 0 Å². The first-order chi connectivity index (χ1) is 22.4. The highest BCUT2D eigenvalue weighted by Gasteiger charge is 2.33. The number of fused-ring (bicyclic) bond motifs is 4. The van der Waals surface area contributed by atoms with Crippen LogP contribution in [-0.4, -0.2) is 127 Å². The van der Waals surface area contributed by atoms with Crippen molar-refractivity contribution in [3.05, 3.63) is 71.8 Å². The van der Waals surface area contributed by atoms with E-state index in [1.165, 1.54) is 5.56 Å². The summed E-state index contributed by atoms with van der Waals surface area (Å²) in [5, 5.41) is 0.635. The maximum atomic E-state index is 12.8. The molecule has 0 aliphatic carbocycles. The summed E-state index contributed by atoms with van der Waals surface area (Å²) >= 11 is 0. The summed E-state index contributed by atoms with van der Waals surface area (Å²) < 4.78 is 5.60. The number of amides is 2. The van der Waals surface area contributed by atoms with Crippen molar-refractivity contribution in [2.24, 2.45) is 5.92 Å². The summed E-state index contributed by atoms with van der Waals surface area (Å²) in [6.45, 7) is 9.88. The number of esters is 1. The van der Waals surface area contributed by atoms with Crippen molar-refractivity contribution in [3.63, 3.8) is 0 Å². The second kappa shape index (κ2) is 17.3. The number of hydrogen-bond donors (Lipinski definition) is 0. The van der Waals surface area contributed by atoms with Gasteiger partial charge in [0.1, 0.15) is 6.61 Å². The molecule has 0 spiro atoms. The SMILES string of the molecule is O=C(CN1CCN2CCN(CCc3ccccc3)CCN(CC1)CC(CCC(=O)ON1C(=O)CCC1=O)C2)OCc1ccccc1. The van der Waals surface area contributed by atoms with Gasteiger partial charge in [0, 0.05) is 91.3 Å². The Morgan fingerprint density at radius 2 is 1.22 bits per heavy atom. The molecule has 0 aromatic heterocycles. The van der Waals surface area contributed by atoms with E-state index in [1.807, 2.05) is 30.3 Å². The summed E-state index contributed by atoms with van der Waals surface area (Å²) in [6.07, 6.45) is 1.93. The number of rotatable bonds is 11. The molecule has 11 nitrogen and oxygen atoms in total. The van der Waals surface area contributed by atoms with Crippen molar-refractivity contribution >= 4 is 23.8 Å². The maximum Gasteiger partial charge on any atom is 0.333 e. The van der Waals surface area contributed by atoms with Crippen LogP contribution in [-0.2, 0) is 41.8 Å². The van der Waals surface area contributed by atoms with Crippen LogP contribution in [0.3, 0.4) is 0 Å². The summed E-state index contributed by atoms with van der Waals surface area (Å²) in [5.74, 6) is -1.46. The Kier molecular flexibility index (Phi) is 12.7. The van der Waals surface area contributed by atoms with Crippen molar-refractivity contribution in [3.8, 4) is 0 Å². The molecule has 3 aliphatic rings. The molecule has 0 radical (unpaired) electrons. The van der Waals surface area contributed by atoms with Gasteiger partial charge in [-0.3, -0.25) is 19.3 Å². The third-order valence-electron chi connectivity index (χ3n) is 9.07. The van der Waals surface area contributed by atoms with E-state index in [9.17, 15) is 19.2 Å². The molecule has 11 heteroatoms. The fourth-order valence-electron chi connectivity index (χ4n) is 6.32. The summed E-state index contributed by atoms with van der Waals surface area (Å²) in [7, 11) is 0. The van der Waals surface area contributed by atoms with Crippen LogP contribution in [0.2, 0.25) is 0 Å². The molecular formula is C35H47N5O6. The minimum Gasteiger partial charge on any atom is -0.460 e. The number of imide groups is 1. The summed E-state index contributed by atoms with van der Waals surface area (Å²) in [6, 6.07) is 20.3. The smallest absolute Gasteiger partial charge is 0.333 e. The van der Waals surface area contributed by atoms with Crippen LogP contribution in [0.25, 0.3) is 0 Å². The van der Waals surface area contributed by atoms with E-state index in [0.717, 1.165) is 84.0 Å². The molecule has 2 unspecified atom stereocenters. The molecule has 2 bridgehead atoms. The first-order valence-corrected chi connectivity index (χ1v) is 16.6. The molecule has 2 atom stereocenters. The van der Waals surface area contributed by atoms with E-state index in [2.05, 4.69) is 49.9 Å². The van der Waals surface area contributed by atoms with Crippen LogP contribution < -0.4 is 0 Å². The van der Waals surface area contributed by atoms with Crippen LogP contribution in [0.5, 0.6) is 0 Å². The van der Waals surface area contributed by atoms with Gasteiger partial charge in [-0.05, 0) is 29.9 Å². The van der Waals surface area contributed by atoms with Crippen molar-refractivity contribution in [1.82, 2.24) is 24.7 Å². The number of hydroxylamine groups is 2. The molecule has 3 heterocycles. The third-order valence-corrected chi connectivity index (χ3v) is 9.07. The lowest BCUT2D eigenvalue weighted by Gasteiger charge is -2.39. The van der Waals surface area contributed by atoms with Gasteiger partial charge in [0.25, 0.3) is 11.8 Å². The second-order valence-electron chi connectivity index (χ2n) is 12.6. The molecule has 0 saturated carbocycles. The Hall–Kier alpha value is -3.64. The van der Waals surface area contributed by atoms with E-state index in [0.29, 0.717) is 11.5 Å². The first kappa shape index (κ1) is 33.7. The van der Waals surface area contributed by atoms with Gasteiger partial charge in [-0.25, -0.2) is 4.79 Å². The zero-order chi connectivity index (χ0) is 32.1. The minimum atomic E-state index is -0.543. The largest absolute Gasteiger partial charge is 0.460 e. The third kappa shape index (κ3) is 10.7. The Labute approximate surface area is 271 Å². The van der Waals surface area contributed by atoms with Gasteiger partial charge in [0.2, 0.25) is 0 Å². The number of carbonyl (C=O) groups is 4. The molecule has 5 rings (SSSR count). The zero-order valence-corrected chi connectivity index (χ0v) is 26.8. The molecule has 46 heavy (non-hydrogen) atoms. The van der Waals surface area contributed by atoms with Crippen molar-refractivity contribution in [1.29, 1.82) is 0 Å². The maximum absolute atomic E-state index is 12.8. The lowest BCUT2D eigenvalue weighted by Crippen LogP contribution is -2.51. The number of nitrogens with zero attached hydrogens (tertiary/aromatic N) is 5. The highest BCUT2D eigenvalue weighted by atomic mass is 16.7. The molecule has 3 aliphatic heterocycles. The number of ether oxygens (including phenoxy) is 1. The first-order valence-electron chi connectivity index (χ1n) is 16.6. The highest BCUT2D eigenvalue weighted by Crippen LogP contribution is 2.18. The number of hydrogen-bond acceptors (Lipinski definition) is 10. The Bertz CT molecular complexity index is 1260. The van der Waals surface area contributed by atoms with Crippen LogP contribution in [0.15, 0.2) is 60.7 Å². The highest BCUT2D eigenvalue weighted by molar-refractivity contribution is 6.01. The van der Waals surface area contributed by atoms with Crippen molar-refractivity contribution < 1.29 is 28.8 Å². The van der Waals surface area contributed by atoms with Gasteiger partial charge in [-0.1, -0.05) is 60.7 Å². The van der Waals surface area contributed by atoms with E-state index >= 15 is 0 Å². The van der Waals surface area contributed by atoms with Crippen LogP contribution in [0.1, 0.15) is 36.8 Å². The van der Waals surface area contributed by atoms with Crippen LogP contribution in [0, 0.1) is 5.92 Å². The summed E-state index contributed by atoms with van der Waals surface area (Å²) in [4.78, 5) is 64.1. The lowest BCUT2D eigenvalue weighted by atomic mass is 10.0. The molecule has 248 valence electrons. The van der Waals surface area contributed by atoms with E-state index in [4.69, 9.17) is 9.57 Å². The minimum absolute atomic E-state index is 0.0861. The van der Waals surface area contributed by atoms with Gasteiger partial charge in [-0.15, -0.1) is 5.06 Å². The quantitative estimate of drug-likeness (QED) is 0.270.